The minimum atomic E-state index is -4.13. The van der Waals surface area contributed by atoms with Gasteiger partial charge in [0, 0.05) is 0 Å². The van der Waals surface area contributed by atoms with E-state index in [0.29, 0.717) is 0 Å². The van der Waals surface area contributed by atoms with E-state index in [0.717, 1.165) is 6.07 Å². The van der Waals surface area contributed by atoms with Gasteiger partial charge in [0.1, 0.15) is 10.9 Å². The standard InChI is InChI=1S/C12H13ClN2O4S/c1-7(2)11(12(16)17)15-20(18,19)10-5-8(6-14)3-4-9(10)13/h3-5,7,11,15H,1-2H3,(H,16,17). The number of hydrogen-bond donors (Lipinski definition) is 2. The number of hydrogen-bond acceptors (Lipinski definition) is 4. The fraction of sp³-hybridized carbons (Fsp3) is 0.333. The average molecular weight is 317 g/mol. The first kappa shape index (κ1) is 16.4. The number of aliphatic carboxylic acids is 1. The Hall–Kier alpha value is -1.62. The van der Waals surface area contributed by atoms with E-state index in [-0.39, 0.29) is 15.5 Å². The van der Waals surface area contributed by atoms with Crippen molar-refractivity contribution in [3.05, 3.63) is 28.8 Å². The average Bonchev–Trinajstić information content (AvgIpc) is 2.35. The van der Waals surface area contributed by atoms with Crippen molar-refractivity contribution in [1.29, 1.82) is 5.26 Å². The van der Waals surface area contributed by atoms with Crippen molar-refractivity contribution < 1.29 is 18.3 Å². The van der Waals surface area contributed by atoms with Gasteiger partial charge in [0.05, 0.1) is 16.7 Å². The molecule has 8 heteroatoms. The monoisotopic (exact) mass is 316 g/mol. The van der Waals surface area contributed by atoms with Crippen molar-refractivity contribution in [2.45, 2.75) is 24.8 Å². The smallest absolute Gasteiger partial charge is 0.322 e. The van der Waals surface area contributed by atoms with Crippen LogP contribution in [0.15, 0.2) is 23.1 Å². The van der Waals surface area contributed by atoms with Crippen molar-refractivity contribution in [3.63, 3.8) is 0 Å². The van der Waals surface area contributed by atoms with Crippen LogP contribution < -0.4 is 4.72 Å². The van der Waals surface area contributed by atoms with E-state index in [9.17, 15) is 13.2 Å². The number of nitrogens with zero attached hydrogens (tertiary/aromatic N) is 1. The molecule has 0 aromatic heterocycles. The normalized spacial score (nSPS) is 12.9. The maximum absolute atomic E-state index is 12.2. The van der Waals surface area contributed by atoms with Crippen LogP contribution in [0.3, 0.4) is 0 Å². The lowest BCUT2D eigenvalue weighted by Crippen LogP contribution is -2.44. The fourth-order valence-electron chi connectivity index (χ4n) is 1.48. The van der Waals surface area contributed by atoms with Gasteiger partial charge in [-0.15, -0.1) is 0 Å². The molecule has 1 atom stereocenters. The third-order valence-corrected chi connectivity index (χ3v) is 4.49. The van der Waals surface area contributed by atoms with Gasteiger partial charge in [-0.25, -0.2) is 8.42 Å². The molecule has 0 fully saturated rings. The van der Waals surface area contributed by atoms with E-state index in [2.05, 4.69) is 4.72 Å². The number of nitrogens with one attached hydrogen (secondary N) is 1. The first-order valence-corrected chi connectivity index (χ1v) is 7.50. The second kappa shape index (κ2) is 6.22. The summed E-state index contributed by atoms with van der Waals surface area (Å²) in [5, 5.41) is 17.7. The highest BCUT2D eigenvalue weighted by Gasteiger charge is 2.29. The van der Waals surface area contributed by atoms with E-state index in [1.165, 1.54) is 12.1 Å². The largest absolute Gasteiger partial charge is 0.480 e. The maximum atomic E-state index is 12.2. The molecule has 1 unspecified atom stereocenters. The number of carboxylic acid groups (broad SMARTS) is 1. The molecule has 0 amide bonds. The summed E-state index contributed by atoms with van der Waals surface area (Å²) in [6.07, 6.45) is 0. The molecule has 0 aliphatic rings. The minimum Gasteiger partial charge on any atom is -0.480 e. The first-order chi connectivity index (χ1) is 9.19. The molecule has 0 aliphatic carbocycles. The molecular formula is C12H13ClN2O4S. The van der Waals surface area contributed by atoms with Gasteiger partial charge in [0.25, 0.3) is 0 Å². The Balaban J connectivity index is 3.24. The molecule has 0 spiro atoms. The number of sulfonamides is 1. The summed E-state index contributed by atoms with van der Waals surface area (Å²) < 4.78 is 26.4. The van der Waals surface area contributed by atoms with Crippen LogP contribution in [0, 0.1) is 17.2 Å². The van der Waals surface area contributed by atoms with Gasteiger partial charge >= 0.3 is 5.97 Å². The topological polar surface area (TPSA) is 107 Å². The Morgan fingerprint density at radius 3 is 2.50 bits per heavy atom. The summed E-state index contributed by atoms with van der Waals surface area (Å²) in [6.45, 7) is 3.16. The third-order valence-electron chi connectivity index (χ3n) is 2.56. The maximum Gasteiger partial charge on any atom is 0.322 e. The zero-order valence-corrected chi connectivity index (χ0v) is 12.4. The molecule has 108 valence electrons. The molecule has 6 nitrogen and oxygen atoms in total. The molecule has 0 bridgehead atoms. The van der Waals surface area contributed by atoms with E-state index in [1.54, 1.807) is 19.9 Å². The number of benzene rings is 1. The summed E-state index contributed by atoms with van der Waals surface area (Å²) in [5.41, 5.74) is 0.117. The van der Waals surface area contributed by atoms with Crippen molar-refractivity contribution in [2.75, 3.05) is 0 Å². The molecule has 0 aliphatic heterocycles. The first-order valence-electron chi connectivity index (χ1n) is 5.64. The van der Waals surface area contributed by atoms with E-state index in [1.807, 2.05) is 0 Å². The molecule has 1 rings (SSSR count). The van der Waals surface area contributed by atoms with Gasteiger partial charge in [-0.05, 0) is 24.1 Å². The molecule has 2 N–H and O–H groups in total. The van der Waals surface area contributed by atoms with Crippen molar-refractivity contribution in [3.8, 4) is 6.07 Å². The predicted molar refractivity (Wildman–Crippen MR) is 72.8 cm³/mol. The van der Waals surface area contributed by atoms with Crippen LogP contribution in [0.25, 0.3) is 0 Å². The highest BCUT2D eigenvalue weighted by Crippen LogP contribution is 2.23. The molecule has 20 heavy (non-hydrogen) atoms. The fourth-order valence-corrected chi connectivity index (χ4v) is 3.34. The Labute approximate surface area is 122 Å². The summed E-state index contributed by atoms with van der Waals surface area (Å²) in [7, 11) is -4.13. The number of halogens is 1. The zero-order chi connectivity index (χ0) is 15.5. The van der Waals surface area contributed by atoms with Crippen molar-refractivity contribution >= 4 is 27.6 Å². The predicted octanol–water partition coefficient (Wildman–Crippen LogP) is 1.60. The Morgan fingerprint density at radius 2 is 2.05 bits per heavy atom. The summed E-state index contributed by atoms with van der Waals surface area (Å²) in [4.78, 5) is 10.7. The van der Waals surface area contributed by atoms with Gasteiger partial charge in [-0.1, -0.05) is 25.4 Å². The van der Waals surface area contributed by atoms with Gasteiger partial charge in [-0.2, -0.15) is 9.98 Å². The van der Waals surface area contributed by atoms with Crippen LogP contribution in [0.1, 0.15) is 19.4 Å². The van der Waals surface area contributed by atoms with Gasteiger partial charge in [0.15, 0.2) is 0 Å². The lowest BCUT2D eigenvalue weighted by Gasteiger charge is -2.18. The second-order valence-corrected chi connectivity index (χ2v) is 6.53. The summed E-state index contributed by atoms with van der Waals surface area (Å²) in [5.74, 6) is -1.73. The molecule has 0 saturated heterocycles. The highest BCUT2D eigenvalue weighted by atomic mass is 35.5. The van der Waals surface area contributed by atoms with Crippen LogP contribution >= 0.6 is 11.6 Å². The van der Waals surface area contributed by atoms with Crippen LogP contribution in [0.2, 0.25) is 5.02 Å². The van der Waals surface area contributed by atoms with Crippen molar-refractivity contribution in [1.82, 2.24) is 4.72 Å². The molecule has 1 aromatic rings. The number of carboxylic acids is 1. The molecule has 0 heterocycles. The van der Waals surface area contributed by atoms with Crippen LogP contribution in [0.5, 0.6) is 0 Å². The van der Waals surface area contributed by atoms with Crippen LogP contribution in [0.4, 0.5) is 0 Å². The van der Waals surface area contributed by atoms with Gasteiger partial charge in [-0.3, -0.25) is 4.79 Å². The number of nitriles is 1. The number of carbonyl (C=O) groups is 1. The van der Waals surface area contributed by atoms with E-state index >= 15 is 0 Å². The van der Waals surface area contributed by atoms with Crippen LogP contribution in [-0.2, 0) is 14.8 Å². The molecular weight excluding hydrogens is 304 g/mol. The Bertz CT molecular complexity index is 665. The quantitative estimate of drug-likeness (QED) is 0.858. The Morgan fingerprint density at radius 1 is 1.45 bits per heavy atom. The van der Waals surface area contributed by atoms with Gasteiger partial charge < -0.3 is 5.11 Å². The SMILES string of the molecule is CC(C)C(NS(=O)(=O)c1cc(C#N)ccc1Cl)C(=O)O. The summed E-state index contributed by atoms with van der Waals surface area (Å²) >= 11 is 5.80. The lowest BCUT2D eigenvalue weighted by atomic mass is 10.1. The highest BCUT2D eigenvalue weighted by molar-refractivity contribution is 7.89. The molecule has 1 aromatic carbocycles. The minimum absolute atomic E-state index is 0.0793. The Kier molecular flexibility index (Phi) is 5.11. The van der Waals surface area contributed by atoms with Crippen LogP contribution in [-0.4, -0.2) is 25.5 Å². The van der Waals surface area contributed by atoms with E-state index < -0.39 is 28.0 Å². The molecule has 0 radical (unpaired) electrons. The second-order valence-electron chi connectivity index (χ2n) is 4.44. The summed E-state index contributed by atoms with van der Waals surface area (Å²) in [6, 6.07) is 4.27. The van der Waals surface area contributed by atoms with Gasteiger partial charge in [0.2, 0.25) is 10.0 Å². The van der Waals surface area contributed by atoms with Crippen molar-refractivity contribution in [2.24, 2.45) is 5.92 Å². The molecule has 0 saturated carbocycles. The van der Waals surface area contributed by atoms with E-state index in [4.69, 9.17) is 22.0 Å². The zero-order valence-electron chi connectivity index (χ0n) is 10.8. The number of rotatable bonds is 5. The third kappa shape index (κ3) is 3.70. The lowest BCUT2D eigenvalue weighted by molar-refractivity contribution is -0.140.